The Morgan fingerprint density at radius 1 is 1.10 bits per heavy atom. The van der Waals surface area contributed by atoms with Crippen molar-refractivity contribution in [2.45, 2.75) is 18.9 Å². The Labute approximate surface area is 185 Å². The summed E-state index contributed by atoms with van der Waals surface area (Å²) in [7, 11) is 1.56. The lowest BCUT2D eigenvalue weighted by atomic mass is 9.97. The summed E-state index contributed by atoms with van der Waals surface area (Å²) in [4.78, 5) is 17.0. The highest BCUT2D eigenvalue weighted by Crippen LogP contribution is 2.36. The molecule has 0 spiro atoms. The van der Waals surface area contributed by atoms with Crippen molar-refractivity contribution in [2.75, 3.05) is 18.6 Å². The largest absolute Gasteiger partial charge is 0.497 e. The Balaban J connectivity index is 2.01. The minimum atomic E-state index is -0.0675. The third kappa shape index (κ3) is 4.53. The van der Waals surface area contributed by atoms with Gasteiger partial charge >= 0.3 is 0 Å². The number of ether oxygens (including phenoxy) is 1. The molecule has 0 bridgehead atoms. The molecule has 0 fully saturated rings. The van der Waals surface area contributed by atoms with Gasteiger partial charge in [0.2, 0.25) is 0 Å². The summed E-state index contributed by atoms with van der Waals surface area (Å²) in [5, 5.41) is 19.8. The second-order valence-electron chi connectivity index (χ2n) is 6.91. The van der Waals surface area contributed by atoms with Gasteiger partial charge in [-0.1, -0.05) is 47.7 Å². The van der Waals surface area contributed by atoms with Gasteiger partial charge in [-0.2, -0.15) is 10.5 Å². The van der Waals surface area contributed by atoms with Crippen LogP contribution < -0.4 is 10.5 Å². The molecule has 154 valence electrons. The Morgan fingerprint density at radius 2 is 1.77 bits per heavy atom. The number of benzene rings is 2. The predicted molar refractivity (Wildman–Crippen MR) is 121 cm³/mol. The molecule has 0 radical (unpaired) electrons. The predicted octanol–water partition coefficient (Wildman–Crippen LogP) is 4.67. The summed E-state index contributed by atoms with van der Waals surface area (Å²) in [6, 6.07) is 16.8. The Bertz CT molecular complexity index is 1240. The number of carbonyl (C=O) groups excluding carboxylic acids is 1. The molecule has 0 unspecified atom stereocenters. The monoisotopic (exact) mass is 428 g/mol. The average Bonchev–Trinajstić information content (AvgIpc) is 2.77. The highest BCUT2D eigenvalue weighted by molar-refractivity contribution is 8.00. The number of nitriles is 2. The Hall–Kier alpha value is -3.81. The molecule has 0 aliphatic rings. The molecular weight excluding hydrogens is 408 g/mol. The summed E-state index contributed by atoms with van der Waals surface area (Å²) in [5.74, 6) is 0.700. The van der Waals surface area contributed by atoms with Gasteiger partial charge in [-0.3, -0.25) is 4.79 Å². The first kappa shape index (κ1) is 21.9. The highest BCUT2D eigenvalue weighted by Gasteiger charge is 2.21. The topological polar surface area (TPSA) is 113 Å². The van der Waals surface area contributed by atoms with Crippen molar-refractivity contribution in [3.63, 3.8) is 0 Å². The van der Waals surface area contributed by atoms with E-state index in [0.29, 0.717) is 27.5 Å². The summed E-state index contributed by atoms with van der Waals surface area (Å²) >= 11 is 1.14. The molecule has 31 heavy (non-hydrogen) atoms. The number of nitrogens with two attached hydrogens (primary N) is 1. The van der Waals surface area contributed by atoms with Crippen LogP contribution in [0.5, 0.6) is 5.75 Å². The van der Waals surface area contributed by atoms with Crippen LogP contribution in [0.25, 0.3) is 11.1 Å². The van der Waals surface area contributed by atoms with E-state index in [1.807, 2.05) is 32.0 Å². The van der Waals surface area contributed by atoms with Crippen molar-refractivity contribution in [1.29, 1.82) is 10.5 Å². The van der Waals surface area contributed by atoms with Crippen molar-refractivity contribution in [3.05, 3.63) is 70.3 Å². The third-order valence-corrected chi connectivity index (χ3v) is 5.79. The molecule has 0 saturated heterocycles. The molecule has 2 aromatic carbocycles. The van der Waals surface area contributed by atoms with Gasteiger partial charge in [-0.15, -0.1) is 0 Å². The molecule has 3 rings (SSSR count). The SMILES string of the molecule is COc1ccc(-c2c(C#N)c(N)nc(SCC(=O)c3ccc(C)cc3C)c2C#N)cc1. The molecule has 0 aliphatic heterocycles. The van der Waals surface area contributed by atoms with Crippen molar-refractivity contribution < 1.29 is 9.53 Å². The Kier molecular flexibility index (Phi) is 6.59. The van der Waals surface area contributed by atoms with Gasteiger partial charge in [0.05, 0.1) is 18.4 Å². The normalized spacial score (nSPS) is 10.2. The number of nitrogen functional groups attached to an aromatic ring is 1. The first-order chi connectivity index (χ1) is 14.9. The first-order valence-electron chi connectivity index (χ1n) is 9.41. The molecule has 1 heterocycles. The number of rotatable bonds is 6. The van der Waals surface area contributed by atoms with Crippen molar-refractivity contribution in [1.82, 2.24) is 4.98 Å². The van der Waals surface area contributed by atoms with E-state index >= 15 is 0 Å². The zero-order chi connectivity index (χ0) is 22.5. The van der Waals surface area contributed by atoms with E-state index in [0.717, 1.165) is 22.9 Å². The summed E-state index contributed by atoms with van der Waals surface area (Å²) < 4.78 is 5.18. The molecule has 3 aromatic rings. The molecule has 7 heteroatoms. The van der Waals surface area contributed by atoms with E-state index in [9.17, 15) is 15.3 Å². The molecule has 1 aromatic heterocycles. The van der Waals surface area contributed by atoms with Crippen LogP contribution in [0.15, 0.2) is 47.5 Å². The van der Waals surface area contributed by atoms with Gasteiger partial charge in [-0.05, 0) is 37.1 Å². The number of nitrogens with zero attached hydrogens (tertiary/aromatic N) is 3. The van der Waals surface area contributed by atoms with Gasteiger partial charge in [-0.25, -0.2) is 4.98 Å². The van der Waals surface area contributed by atoms with Gasteiger partial charge in [0.15, 0.2) is 5.78 Å². The van der Waals surface area contributed by atoms with Crippen molar-refractivity contribution in [2.24, 2.45) is 0 Å². The van der Waals surface area contributed by atoms with Gasteiger partial charge < -0.3 is 10.5 Å². The zero-order valence-corrected chi connectivity index (χ0v) is 18.2. The van der Waals surface area contributed by atoms with Crippen LogP contribution in [-0.4, -0.2) is 23.6 Å². The standard InChI is InChI=1S/C24H20N4O2S/c1-14-4-9-18(15(2)10-14)21(29)13-31-24-20(12-26)22(19(11-25)23(27)28-24)16-5-7-17(30-3)8-6-16/h4-10H,13H2,1-3H3,(H2,27,28). The van der Waals surface area contributed by atoms with Crippen LogP contribution >= 0.6 is 11.8 Å². The smallest absolute Gasteiger partial charge is 0.173 e. The molecule has 2 N–H and O–H groups in total. The second kappa shape index (κ2) is 9.34. The number of thioether (sulfide) groups is 1. The maximum absolute atomic E-state index is 12.8. The fraction of sp³-hybridized carbons (Fsp3) is 0.167. The van der Waals surface area contributed by atoms with Crippen LogP contribution in [0.3, 0.4) is 0 Å². The number of hydrogen-bond acceptors (Lipinski definition) is 7. The van der Waals surface area contributed by atoms with Crippen molar-refractivity contribution in [3.8, 4) is 29.0 Å². The van der Waals surface area contributed by atoms with Gasteiger partial charge in [0.1, 0.15) is 34.3 Å². The van der Waals surface area contributed by atoms with Crippen LogP contribution in [0, 0.1) is 36.5 Å². The number of hydrogen-bond donors (Lipinski definition) is 1. The number of methoxy groups -OCH3 is 1. The van der Waals surface area contributed by atoms with Crippen LogP contribution in [-0.2, 0) is 0 Å². The van der Waals surface area contributed by atoms with E-state index in [1.165, 1.54) is 0 Å². The van der Waals surface area contributed by atoms with Crippen LogP contribution in [0.2, 0.25) is 0 Å². The minimum absolute atomic E-state index is 0.0220. The minimum Gasteiger partial charge on any atom is -0.497 e. The summed E-state index contributed by atoms with van der Waals surface area (Å²) in [6.45, 7) is 3.87. The average molecular weight is 429 g/mol. The number of ketones is 1. The van der Waals surface area contributed by atoms with E-state index in [2.05, 4.69) is 17.1 Å². The number of carbonyl (C=O) groups is 1. The van der Waals surface area contributed by atoms with E-state index in [-0.39, 0.29) is 28.5 Å². The zero-order valence-electron chi connectivity index (χ0n) is 17.4. The van der Waals surface area contributed by atoms with Crippen LogP contribution in [0.4, 0.5) is 5.82 Å². The highest BCUT2D eigenvalue weighted by atomic mass is 32.2. The fourth-order valence-electron chi connectivity index (χ4n) is 3.29. The quantitative estimate of drug-likeness (QED) is 0.448. The Morgan fingerprint density at radius 3 is 2.35 bits per heavy atom. The summed E-state index contributed by atoms with van der Waals surface area (Å²) in [6.07, 6.45) is 0. The van der Waals surface area contributed by atoms with Gasteiger partial charge in [0, 0.05) is 11.1 Å². The molecule has 0 aliphatic carbocycles. The third-order valence-electron chi connectivity index (χ3n) is 4.82. The molecule has 0 amide bonds. The number of Topliss-reactive ketones (excluding diaryl/α,β-unsaturated/α-hetero) is 1. The lowest BCUT2D eigenvalue weighted by Gasteiger charge is -2.13. The molecule has 6 nitrogen and oxygen atoms in total. The fourth-order valence-corrected chi connectivity index (χ4v) is 4.17. The number of aromatic nitrogens is 1. The molecule has 0 atom stereocenters. The van der Waals surface area contributed by atoms with E-state index in [1.54, 1.807) is 31.4 Å². The van der Waals surface area contributed by atoms with Gasteiger partial charge in [0.25, 0.3) is 0 Å². The lowest BCUT2D eigenvalue weighted by molar-refractivity contribution is 0.102. The number of pyridine rings is 1. The molecule has 0 saturated carbocycles. The summed E-state index contributed by atoms with van der Waals surface area (Å²) in [5.41, 5.74) is 10.1. The number of anilines is 1. The maximum Gasteiger partial charge on any atom is 0.173 e. The first-order valence-corrected chi connectivity index (χ1v) is 10.4. The maximum atomic E-state index is 12.8. The van der Waals surface area contributed by atoms with Crippen molar-refractivity contribution >= 4 is 23.4 Å². The number of aryl methyl sites for hydroxylation is 2. The molecular formula is C24H20N4O2S. The van der Waals surface area contributed by atoms with Crippen LogP contribution in [0.1, 0.15) is 32.6 Å². The second-order valence-corrected chi connectivity index (χ2v) is 7.87. The van der Waals surface area contributed by atoms with E-state index < -0.39 is 0 Å². The lowest BCUT2D eigenvalue weighted by Crippen LogP contribution is -2.07. The van der Waals surface area contributed by atoms with E-state index in [4.69, 9.17) is 10.5 Å².